The van der Waals surface area contributed by atoms with Crippen molar-refractivity contribution >= 4 is 11.9 Å². The highest BCUT2D eigenvalue weighted by molar-refractivity contribution is 5.99. The molecule has 0 heterocycles. The van der Waals surface area contributed by atoms with E-state index in [0.29, 0.717) is 12.8 Å². The Morgan fingerprint density at radius 1 is 1.00 bits per heavy atom. The fourth-order valence-electron chi connectivity index (χ4n) is 1.79. The van der Waals surface area contributed by atoms with Crippen LogP contribution in [0.15, 0.2) is 11.1 Å². The van der Waals surface area contributed by atoms with Crippen molar-refractivity contribution in [3.8, 4) is 0 Å². The molecule has 0 aromatic heterocycles. The minimum absolute atomic E-state index is 0.0127. The van der Waals surface area contributed by atoms with E-state index < -0.39 is 17.4 Å². The molecule has 4 heteroatoms. The molecule has 16 heavy (non-hydrogen) atoms. The van der Waals surface area contributed by atoms with Gasteiger partial charge in [0, 0.05) is 5.57 Å². The maximum atomic E-state index is 11.2. The first kappa shape index (κ1) is 14.7. The summed E-state index contributed by atoms with van der Waals surface area (Å²) in [6, 6.07) is 0. The summed E-state index contributed by atoms with van der Waals surface area (Å²) in [4.78, 5) is 22.3. The maximum Gasteiger partial charge on any atom is 0.332 e. The zero-order chi connectivity index (χ0) is 12.9. The summed E-state index contributed by atoms with van der Waals surface area (Å²) >= 11 is 0. The summed E-state index contributed by atoms with van der Waals surface area (Å²) in [7, 11) is 0. The Kier molecular flexibility index (Phi) is 5.21. The number of carboxylic acids is 2. The molecule has 2 N–H and O–H groups in total. The lowest BCUT2D eigenvalue weighted by atomic mass is 9.74. The van der Waals surface area contributed by atoms with Crippen LogP contribution >= 0.6 is 0 Å². The molecule has 0 amide bonds. The van der Waals surface area contributed by atoms with Crippen molar-refractivity contribution < 1.29 is 19.8 Å². The topological polar surface area (TPSA) is 74.6 Å². The van der Waals surface area contributed by atoms with Crippen LogP contribution in [0.2, 0.25) is 0 Å². The molecule has 0 aromatic carbocycles. The predicted octanol–water partition coefficient (Wildman–Crippen LogP) is 2.69. The third-order valence-electron chi connectivity index (χ3n) is 3.29. The summed E-state index contributed by atoms with van der Waals surface area (Å²) in [5, 5.41) is 18.2. The van der Waals surface area contributed by atoms with Crippen LogP contribution in [0.4, 0.5) is 0 Å². The Hall–Kier alpha value is -1.32. The van der Waals surface area contributed by atoms with E-state index >= 15 is 0 Å². The van der Waals surface area contributed by atoms with Gasteiger partial charge in [-0.25, -0.2) is 9.59 Å². The van der Waals surface area contributed by atoms with Crippen molar-refractivity contribution in [2.75, 3.05) is 0 Å². The molecule has 0 saturated carbocycles. The molecule has 0 spiro atoms. The molecule has 0 aliphatic heterocycles. The first-order valence-corrected chi connectivity index (χ1v) is 5.54. The maximum absolute atomic E-state index is 11.2. The molecule has 0 atom stereocenters. The molecule has 0 aromatic rings. The monoisotopic (exact) mass is 228 g/mol. The van der Waals surface area contributed by atoms with E-state index in [-0.39, 0.29) is 17.6 Å². The zero-order valence-electron chi connectivity index (χ0n) is 10.3. The van der Waals surface area contributed by atoms with Gasteiger partial charge in [0.2, 0.25) is 0 Å². The largest absolute Gasteiger partial charge is 0.478 e. The standard InChI is InChI=1S/C12H20O4/c1-5-8(10(13)14)9(11(15)16)12(4,6-2)7-3/h5-7H2,1-4H3,(H,13,14)(H,15,16). The fourth-order valence-corrected chi connectivity index (χ4v) is 1.79. The molecule has 0 radical (unpaired) electrons. The van der Waals surface area contributed by atoms with Crippen LogP contribution in [-0.4, -0.2) is 22.2 Å². The van der Waals surface area contributed by atoms with E-state index in [1.807, 2.05) is 13.8 Å². The molecular formula is C12H20O4. The van der Waals surface area contributed by atoms with Gasteiger partial charge in [0.05, 0.1) is 5.57 Å². The van der Waals surface area contributed by atoms with Gasteiger partial charge in [0.25, 0.3) is 0 Å². The van der Waals surface area contributed by atoms with Crippen molar-refractivity contribution in [1.29, 1.82) is 0 Å². The van der Waals surface area contributed by atoms with Crippen molar-refractivity contribution in [1.82, 2.24) is 0 Å². The number of carbonyl (C=O) groups is 2. The lowest BCUT2D eigenvalue weighted by Gasteiger charge is -2.29. The first-order valence-electron chi connectivity index (χ1n) is 5.54. The van der Waals surface area contributed by atoms with Crippen LogP contribution in [0.3, 0.4) is 0 Å². The highest BCUT2D eigenvalue weighted by atomic mass is 16.4. The number of hydrogen-bond donors (Lipinski definition) is 2. The second-order valence-corrected chi connectivity index (χ2v) is 4.09. The Bertz CT molecular complexity index is 311. The Morgan fingerprint density at radius 3 is 1.62 bits per heavy atom. The number of rotatable bonds is 6. The average molecular weight is 228 g/mol. The fraction of sp³-hybridized carbons (Fsp3) is 0.667. The lowest BCUT2D eigenvalue weighted by molar-refractivity contribution is -0.137. The highest BCUT2D eigenvalue weighted by Crippen LogP contribution is 2.37. The van der Waals surface area contributed by atoms with Crippen LogP contribution in [0.5, 0.6) is 0 Å². The smallest absolute Gasteiger partial charge is 0.332 e. The van der Waals surface area contributed by atoms with Crippen molar-refractivity contribution in [3.63, 3.8) is 0 Å². The Labute approximate surface area is 96.0 Å². The van der Waals surface area contributed by atoms with Crippen LogP contribution in [-0.2, 0) is 9.59 Å². The minimum atomic E-state index is -1.13. The molecule has 0 aliphatic carbocycles. The predicted molar refractivity (Wildman–Crippen MR) is 61.3 cm³/mol. The lowest BCUT2D eigenvalue weighted by Crippen LogP contribution is -2.27. The average Bonchev–Trinajstić information content (AvgIpc) is 2.23. The molecule has 0 bridgehead atoms. The Balaban J connectivity index is 5.80. The van der Waals surface area contributed by atoms with Gasteiger partial charge in [0.15, 0.2) is 0 Å². The highest BCUT2D eigenvalue weighted by Gasteiger charge is 2.34. The molecule has 0 aliphatic rings. The minimum Gasteiger partial charge on any atom is -0.478 e. The molecule has 92 valence electrons. The van der Waals surface area contributed by atoms with Gasteiger partial charge in [-0.2, -0.15) is 0 Å². The number of hydrogen-bond acceptors (Lipinski definition) is 2. The van der Waals surface area contributed by atoms with Crippen molar-refractivity contribution in [2.45, 2.75) is 47.0 Å². The molecule has 0 unspecified atom stereocenters. The van der Waals surface area contributed by atoms with Crippen LogP contribution in [0.25, 0.3) is 0 Å². The summed E-state index contributed by atoms with van der Waals surface area (Å²) in [5.41, 5.74) is -0.513. The number of carboxylic acid groups (broad SMARTS) is 2. The molecule has 0 fully saturated rings. The Morgan fingerprint density at radius 2 is 1.44 bits per heavy atom. The number of aliphatic carboxylic acids is 2. The van der Waals surface area contributed by atoms with Gasteiger partial charge < -0.3 is 10.2 Å². The normalized spacial score (nSPS) is 13.2. The molecule has 0 saturated heterocycles. The molecule has 0 rings (SSSR count). The van der Waals surface area contributed by atoms with E-state index in [1.54, 1.807) is 13.8 Å². The molecule has 4 nitrogen and oxygen atoms in total. The van der Waals surface area contributed by atoms with E-state index in [9.17, 15) is 14.7 Å². The van der Waals surface area contributed by atoms with Gasteiger partial charge in [-0.05, 0) is 24.7 Å². The van der Waals surface area contributed by atoms with Gasteiger partial charge in [-0.15, -0.1) is 0 Å². The van der Waals surface area contributed by atoms with Crippen LogP contribution in [0.1, 0.15) is 47.0 Å². The van der Waals surface area contributed by atoms with Gasteiger partial charge in [-0.3, -0.25) is 0 Å². The van der Waals surface area contributed by atoms with E-state index in [4.69, 9.17) is 5.11 Å². The summed E-state index contributed by atoms with van der Waals surface area (Å²) in [6.07, 6.45) is 1.45. The third-order valence-corrected chi connectivity index (χ3v) is 3.29. The van der Waals surface area contributed by atoms with E-state index in [0.717, 1.165) is 0 Å². The second-order valence-electron chi connectivity index (χ2n) is 4.09. The second kappa shape index (κ2) is 5.68. The first-order chi connectivity index (χ1) is 7.33. The van der Waals surface area contributed by atoms with E-state index in [2.05, 4.69) is 0 Å². The van der Waals surface area contributed by atoms with Gasteiger partial charge in [0.1, 0.15) is 0 Å². The zero-order valence-corrected chi connectivity index (χ0v) is 10.3. The van der Waals surface area contributed by atoms with Gasteiger partial charge >= 0.3 is 11.9 Å². The molecular weight excluding hydrogens is 208 g/mol. The van der Waals surface area contributed by atoms with Gasteiger partial charge in [-0.1, -0.05) is 27.7 Å². The third kappa shape index (κ3) is 2.84. The van der Waals surface area contributed by atoms with Crippen LogP contribution < -0.4 is 0 Å². The van der Waals surface area contributed by atoms with Crippen molar-refractivity contribution in [3.05, 3.63) is 11.1 Å². The summed E-state index contributed by atoms with van der Waals surface area (Å²) in [6.45, 7) is 7.22. The van der Waals surface area contributed by atoms with Crippen molar-refractivity contribution in [2.24, 2.45) is 5.41 Å². The van der Waals surface area contributed by atoms with E-state index in [1.165, 1.54) is 0 Å². The summed E-state index contributed by atoms with van der Waals surface area (Å²) < 4.78 is 0. The summed E-state index contributed by atoms with van der Waals surface area (Å²) in [5.74, 6) is -2.25. The quantitative estimate of drug-likeness (QED) is 0.685. The SMILES string of the molecule is CCC(C(=O)O)=C(C(=O)O)C(C)(CC)CC. The van der Waals surface area contributed by atoms with Crippen LogP contribution in [0, 0.1) is 5.41 Å².